The maximum absolute atomic E-state index is 8.68. The summed E-state index contributed by atoms with van der Waals surface area (Å²) in [5, 5.41) is 0. The van der Waals surface area contributed by atoms with Gasteiger partial charge in [-0.3, -0.25) is 0 Å². The first-order valence-electron chi connectivity index (χ1n) is 4.51. The zero-order valence-corrected chi connectivity index (χ0v) is 8.91. The van der Waals surface area contributed by atoms with Gasteiger partial charge < -0.3 is 0 Å². The second-order valence-corrected chi connectivity index (χ2v) is 5.01. The van der Waals surface area contributed by atoms with Gasteiger partial charge >= 0.3 is 76.2 Å². The van der Waals surface area contributed by atoms with Crippen LogP contribution in [0.25, 0.3) is 0 Å². The molecule has 0 rings (SSSR count). The number of hydrogen-bond acceptors (Lipinski definition) is 2. The molecule has 0 aliphatic heterocycles. The van der Waals surface area contributed by atoms with Gasteiger partial charge in [-0.25, -0.2) is 0 Å². The third-order valence-corrected chi connectivity index (χ3v) is 3.00. The topological polar surface area (TPSA) is 40.5 Å². The van der Waals surface area contributed by atoms with Crippen LogP contribution >= 0.6 is 0 Å². The van der Waals surface area contributed by atoms with Crippen molar-refractivity contribution in [2.24, 2.45) is 0 Å². The molecule has 0 atom stereocenters. The normalized spacial score (nSPS) is 10.1. The third kappa shape index (κ3) is 10.6. The quantitative estimate of drug-likeness (QED) is 0.483. The maximum atomic E-state index is 8.68. The van der Waals surface area contributed by atoms with E-state index in [1.54, 1.807) is 0 Å². The van der Waals surface area contributed by atoms with E-state index >= 15 is 0 Å². The van der Waals surface area contributed by atoms with E-state index in [4.69, 9.17) is 7.38 Å². The minimum atomic E-state index is -2.46. The molecule has 0 spiro atoms. The van der Waals surface area contributed by atoms with Crippen LogP contribution < -0.4 is 0 Å². The first-order valence-corrected chi connectivity index (χ1v) is 7.01. The molecule has 2 nitrogen and oxygen atoms in total. The Morgan fingerprint density at radius 2 is 1.45 bits per heavy atom. The van der Waals surface area contributed by atoms with E-state index in [9.17, 15) is 0 Å². The van der Waals surface area contributed by atoms with E-state index in [-0.39, 0.29) is 0 Å². The number of hydrogen-bond donors (Lipinski definition) is 2. The molecule has 0 amide bonds. The molecule has 0 unspecified atom stereocenters. The Morgan fingerprint density at radius 1 is 0.909 bits per heavy atom. The molecule has 67 valence electrons. The van der Waals surface area contributed by atoms with Gasteiger partial charge in [0.2, 0.25) is 0 Å². The Bertz CT molecular complexity index is 76.5. The van der Waals surface area contributed by atoms with Gasteiger partial charge in [0.15, 0.2) is 0 Å². The number of rotatable bonds is 7. The van der Waals surface area contributed by atoms with Crippen molar-refractivity contribution in [3.63, 3.8) is 0 Å². The standard InChI is InChI=1S/C8H17.2H2O.Ti/c1-3-5-7-8-6-4-2;;;/h1,3-8H2,2H3;2*1H2;/q;;;+2/p-2. The van der Waals surface area contributed by atoms with E-state index in [1.807, 2.05) is 0 Å². The fourth-order valence-corrected chi connectivity index (χ4v) is 1.95. The van der Waals surface area contributed by atoms with Gasteiger partial charge in [0, 0.05) is 0 Å². The molecule has 0 bridgehead atoms. The third-order valence-electron chi connectivity index (χ3n) is 1.75. The molecular weight excluding hydrogens is 176 g/mol. The first kappa shape index (κ1) is 11.6. The molecule has 0 aliphatic carbocycles. The summed E-state index contributed by atoms with van der Waals surface area (Å²) < 4.78 is 18.1. The van der Waals surface area contributed by atoms with Crippen molar-refractivity contribution in [1.29, 1.82) is 0 Å². The van der Waals surface area contributed by atoms with Crippen molar-refractivity contribution in [3.05, 3.63) is 0 Å². The molecule has 11 heavy (non-hydrogen) atoms. The molecule has 2 N–H and O–H groups in total. The average Bonchev–Trinajstić information content (AvgIpc) is 1.96. The van der Waals surface area contributed by atoms with E-state index in [0.717, 1.165) is 6.42 Å². The van der Waals surface area contributed by atoms with Gasteiger partial charge in [-0.15, -0.1) is 0 Å². The molecular formula is C8H19O2Ti. The summed E-state index contributed by atoms with van der Waals surface area (Å²) >= 11 is -2.46. The van der Waals surface area contributed by atoms with Crippen LogP contribution in [-0.4, -0.2) is 7.38 Å². The van der Waals surface area contributed by atoms with E-state index in [0.29, 0.717) is 4.73 Å². The van der Waals surface area contributed by atoms with Crippen molar-refractivity contribution < 1.29 is 26.0 Å². The molecule has 0 saturated heterocycles. The van der Waals surface area contributed by atoms with Crippen LogP contribution in [0, 0.1) is 0 Å². The molecule has 0 aromatic carbocycles. The van der Waals surface area contributed by atoms with Crippen LogP contribution in [0.5, 0.6) is 0 Å². The Morgan fingerprint density at radius 3 is 2.00 bits per heavy atom. The van der Waals surface area contributed by atoms with Crippen molar-refractivity contribution in [2.45, 2.75) is 50.2 Å². The summed E-state index contributed by atoms with van der Waals surface area (Å²) in [5.41, 5.74) is 0. The van der Waals surface area contributed by atoms with Crippen LogP contribution in [-0.2, 0) is 18.6 Å². The van der Waals surface area contributed by atoms with Gasteiger partial charge in [-0.05, 0) is 0 Å². The summed E-state index contributed by atoms with van der Waals surface area (Å²) in [4.78, 5) is 0. The number of unbranched alkanes of at least 4 members (excludes halogenated alkanes) is 5. The molecule has 0 fully saturated rings. The van der Waals surface area contributed by atoms with Gasteiger partial charge in [0.25, 0.3) is 0 Å². The van der Waals surface area contributed by atoms with Gasteiger partial charge in [0.1, 0.15) is 0 Å². The zero-order chi connectivity index (χ0) is 8.53. The van der Waals surface area contributed by atoms with E-state index in [1.165, 1.54) is 32.1 Å². The summed E-state index contributed by atoms with van der Waals surface area (Å²) in [6.07, 6.45) is 7.37. The van der Waals surface area contributed by atoms with Crippen LogP contribution in [0.2, 0.25) is 4.73 Å². The molecule has 3 heteroatoms. The molecule has 0 radical (unpaired) electrons. The molecule has 0 aromatic rings. The summed E-state index contributed by atoms with van der Waals surface area (Å²) in [6.45, 7) is 2.20. The van der Waals surface area contributed by atoms with Gasteiger partial charge in [-0.2, -0.15) is 0 Å². The first-order chi connectivity index (χ1) is 5.27. The predicted octanol–water partition coefficient (Wildman–Crippen LogP) is 2.20. The molecule has 0 saturated carbocycles. The molecule has 0 aliphatic rings. The van der Waals surface area contributed by atoms with Crippen LogP contribution in [0.1, 0.15) is 45.4 Å². The Hall–Kier alpha value is 0.634. The van der Waals surface area contributed by atoms with Gasteiger partial charge in [-0.1, -0.05) is 0 Å². The Balaban J connectivity index is 2.80. The van der Waals surface area contributed by atoms with Crippen molar-refractivity contribution in [3.8, 4) is 0 Å². The van der Waals surface area contributed by atoms with Crippen molar-refractivity contribution in [1.82, 2.24) is 0 Å². The molecule has 0 aromatic heterocycles. The summed E-state index contributed by atoms with van der Waals surface area (Å²) in [6, 6.07) is 0. The van der Waals surface area contributed by atoms with Crippen LogP contribution in [0.15, 0.2) is 0 Å². The predicted molar refractivity (Wildman–Crippen MR) is 42.6 cm³/mol. The minimum absolute atomic E-state index is 0.701. The fraction of sp³-hybridized carbons (Fsp3) is 1.00. The Labute approximate surface area is 76.4 Å². The average molecular weight is 195 g/mol. The SMILES string of the molecule is CCCCCCC[CH2][Ti]([OH])[OH]. The van der Waals surface area contributed by atoms with E-state index < -0.39 is 18.6 Å². The zero-order valence-electron chi connectivity index (χ0n) is 7.34. The van der Waals surface area contributed by atoms with Gasteiger partial charge in [0.05, 0.1) is 0 Å². The summed E-state index contributed by atoms with van der Waals surface area (Å²) in [7, 11) is 0. The van der Waals surface area contributed by atoms with E-state index in [2.05, 4.69) is 6.92 Å². The van der Waals surface area contributed by atoms with Crippen LogP contribution in [0.3, 0.4) is 0 Å². The summed E-state index contributed by atoms with van der Waals surface area (Å²) in [5.74, 6) is 0. The monoisotopic (exact) mass is 195 g/mol. The fourth-order valence-electron chi connectivity index (χ4n) is 1.06. The Kier molecular flexibility index (Phi) is 9.23. The van der Waals surface area contributed by atoms with Crippen LogP contribution in [0.4, 0.5) is 0 Å². The van der Waals surface area contributed by atoms with Crippen molar-refractivity contribution >= 4 is 0 Å². The second kappa shape index (κ2) is 8.73. The second-order valence-electron chi connectivity index (χ2n) is 2.93. The molecule has 0 heterocycles. The van der Waals surface area contributed by atoms with Crippen molar-refractivity contribution in [2.75, 3.05) is 0 Å².